The molecule has 4 heteroatoms. The zero-order valence-corrected chi connectivity index (χ0v) is 11.1. The lowest BCUT2D eigenvalue weighted by atomic mass is 9.84. The highest BCUT2D eigenvalue weighted by Gasteiger charge is 2.32. The van der Waals surface area contributed by atoms with Crippen molar-refractivity contribution in [1.29, 1.82) is 0 Å². The molecule has 1 aliphatic heterocycles. The Labute approximate surface area is 109 Å². The van der Waals surface area contributed by atoms with Crippen molar-refractivity contribution in [3.05, 3.63) is 22.7 Å². The summed E-state index contributed by atoms with van der Waals surface area (Å²) in [6, 6.07) is 5.82. The molecular weight excluding hydrogens is 282 g/mol. The lowest BCUT2D eigenvalue weighted by molar-refractivity contribution is -0.124. The van der Waals surface area contributed by atoms with E-state index >= 15 is 0 Å². The summed E-state index contributed by atoms with van der Waals surface area (Å²) in [5, 5.41) is 0. The number of carbonyl (C=O) groups is 1. The quantitative estimate of drug-likeness (QED) is 0.797. The highest BCUT2D eigenvalue weighted by molar-refractivity contribution is 9.10. The number of halogens is 1. The van der Waals surface area contributed by atoms with Gasteiger partial charge in [0.05, 0.1) is 12.2 Å². The topological polar surface area (TPSA) is 29.5 Å². The van der Waals surface area contributed by atoms with Gasteiger partial charge in [-0.3, -0.25) is 4.79 Å². The summed E-state index contributed by atoms with van der Waals surface area (Å²) in [5.41, 5.74) is 0.905. The van der Waals surface area contributed by atoms with E-state index in [0.717, 1.165) is 28.8 Å². The van der Waals surface area contributed by atoms with Crippen LogP contribution in [0.15, 0.2) is 22.7 Å². The van der Waals surface area contributed by atoms with E-state index < -0.39 is 0 Å². The van der Waals surface area contributed by atoms with E-state index in [1.807, 2.05) is 23.1 Å². The zero-order valence-electron chi connectivity index (χ0n) is 9.49. The molecule has 1 heterocycles. The first-order valence-corrected chi connectivity index (χ1v) is 6.79. The van der Waals surface area contributed by atoms with Crippen LogP contribution in [0.5, 0.6) is 5.75 Å². The summed E-state index contributed by atoms with van der Waals surface area (Å²) < 4.78 is 6.56. The molecule has 0 N–H and O–H groups in total. The minimum Gasteiger partial charge on any atom is -0.490 e. The summed E-state index contributed by atoms with van der Waals surface area (Å²) in [7, 11) is 0. The summed E-state index contributed by atoms with van der Waals surface area (Å²) in [6.45, 7) is 1.26. The van der Waals surface area contributed by atoms with Gasteiger partial charge in [-0.2, -0.15) is 0 Å². The van der Waals surface area contributed by atoms with Crippen LogP contribution < -0.4 is 9.64 Å². The molecule has 0 bridgehead atoms. The molecule has 1 fully saturated rings. The van der Waals surface area contributed by atoms with Crippen molar-refractivity contribution in [3.63, 3.8) is 0 Å². The molecule has 0 aromatic heterocycles. The molecule has 0 saturated heterocycles. The largest absolute Gasteiger partial charge is 0.490 e. The molecule has 0 unspecified atom stereocenters. The molecule has 1 saturated carbocycles. The normalized spacial score (nSPS) is 19.2. The fraction of sp³-hybridized carbons (Fsp3) is 0.462. The SMILES string of the molecule is O=C(C1CCC1)N1CCOc2ccc(Br)cc21. The average molecular weight is 296 g/mol. The van der Waals surface area contributed by atoms with Crippen molar-refractivity contribution < 1.29 is 9.53 Å². The number of carbonyl (C=O) groups excluding carboxylic acids is 1. The summed E-state index contributed by atoms with van der Waals surface area (Å²) in [4.78, 5) is 14.2. The monoisotopic (exact) mass is 295 g/mol. The van der Waals surface area contributed by atoms with Gasteiger partial charge in [-0.05, 0) is 31.0 Å². The van der Waals surface area contributed by atoms with Gasteiger partial charge in [-0.25, -0.2) is 0 Å². The second-order valence-corrected chi connectivity index (χ2v) is 5.49. The summed E-state index contributed by atoms with van der Waals surface area (Å²) >= 11 is 3.44. The number of anilines is 1. The zero-order chi connectivity index (χ0) is 11.8. The van der Waals surface area contributed by atoms with Crippen molar-refractivity contribution in [3.8, 4) is 5.75 Å². The Hall–Kier alpha value is -1.03. The minimum atomic E-state index is 0.236. The van der Waals surface area contributed by atoms with Crippen LogP contribution >= 0.6 is 15.9 Å². The summed E-state index contributed by atoms with van der Waals surface area (Å²) in [5.74, 6) is 1.31. The van der Waals surface area contributed by atoms with Gasteiger partial charge >= 0.3 is 0 Å². The third-order valence-electron chi connectivity index (χ3n) is 3.50. The van der Waals surface area contributed by atoms with E-state index in [1.54, 1.807) is 0 Å². The number of benzene rings is 1. The second kappa shape index (κ2) is 4.33. The van der Waals surface area contributed by atoms with E-state index in [2.05, 4.69) is 15.9 Å². The van der Waals surface area contributed by atoms with Gasteiger partial charge in [0.15, 0.2) is 0 Å². The van der Waals surface area contributed by atoms with Gasteiger partial charge in [0.2, 0.25) is 5.91 Å². The molecule has 1 aromatic rings. The Kier molecular flexibility index (Phi) is 2.82. The van der Waals surface area contributed by atoms with E-state index in [-0.39, 0.29) is 11.8 Å². The van der Waals surface area contributed by atoms with Crippen LogP contribution in [-0.4, -0.2) is 19.1 Å². The van der Waals surface area contributed by atoms with Crippen LogP contribution in [0, 0.1) is 5.92 Å². The Morgan fingerprint density at radius 2 is 2.24 bits per heavy atom. The third kappa shape index (κ3) is 1.95. The van der Waals surface area contributed by atoms with Crippen LogP contribution in [0.1, 0.15) is 19.3 Å². The number of hydrogen-bond donors (Lipinski definition) is 0. The van der Waals surface area contributed by atoms with Crippen LogP contribution in [0.2, 0.25) is 0 Å². The molecule has 0 radical (unpaired) electrons. The molecule has 1 aliphatic carbocycles. The first-order chi connectivity index (χ1) is 8.25. The van der Waals surface area contributed by atoms with Crippen LogP contribution in [0.25, 0.3) is 0 Å². The van der Waals surface area contributed by atoms with Crippen LogP contribution in [-0.2, 0) is 4.79 Å². The predicted molar refractivity (Wildman–Crippen MR) is 69.3 cm³/mol. The van der Waals surface area contributed by atoms with Gasteiger partial charge in [0.25, 0.3) is 0 Å². The van der Waals surface area contributed by atoms with Crippen LogP contribution in [0.3, 0.4) is 0 Å². The maximum absolute atomic E-state index is 12.3. The fourth-order valence-corrected chi connectivity index (χ4v) is 2.64. The van der Waals surface area contributed by atoms with E-state index in [1.165, 1.54) is 6.42 Å². The number of rotatable bonds is 1. The van der Waals surface area contributed by atoms with E-state index in [9.17, 15) is 4.79 Å². The standard InChI is InChI=1S/C13H14BrNO2/c14-10-4-5-12-11(8-10)15(6-7-17-12)13(16)9-2-1-3-9/h4-5,8-9H,1-3,6-7H2. The second-order valence-electron chi connectivity index (χ2n) is 4.58. The number of hydrogen-bond acceptors (Lipinski definition) is 2. The molecule has 0 atom stereocenters. The molecule has 17 heavy (non-hydrogen) atoms. The maximum Gasteiger partial charge on any atom is 0.230 e. The van der Waals surface area contributed by atoms with E-state index in [0.29, 0.717) is 13.2 Å². The van der Waals surface area contributed by atoms with Gasteiger partial charge < -0.3 is 9.64 Å². The molecule has 2 aliphatic rings. The molecule has 3 nitrogen and oxygen atoms in total. The first kappa shape index (κ1) is 11.1. The number of amides is 1. The van der Waals surface area contributed by atoms with Gasteiger partial charge in [-0.1, -0.05) is 22.4 Å². The lowest BCUT2D eigenvalue weighted by Crippen LogP contribution is -2.43. The highest BCUT2D eigenvalue weighted by atomic mass is 79.9. The number of ether oxygens (including phenoxy) is 1. The minimum absolute atomic E-state index is 0.236. The lowest BCUT2D eigenvalue weighted by Gasteiger charge is -2.35. The average Bonchev–Trinajstić information content (AvgIpc) is 2.25. The molecule has 1 aromatic carbocycles. The van der Waals surface area contributed by atoms with Gasteiger partial charge in [0.1, 0.15) is 12.4 Å². The van der Waals surface area contributed by atoms with E-state index in [4.69, 9.17) is 4.74 Å². The molecule has 1 amide bonds. The Morgan fingerprint density at radius 3 is 2.94 bits per heavy atom. The first-order valence-electron chi connectivity index (χ1n) is 5.99. The van der Waals surface area contributed by atoms with Crippen LogP contribution in [0.4, 0.5) is 5.69 Å². The molecule has 90 valence electrons. The number of fused-ring (bicyclic) bond motifs is 1. The van der Waals surface area contributed by atoms with Crippen molar-refractivity contribution >= 4 is 27.5 Å². The van der Waals surface area contributed by atoms with Crippen molar-refractivity contribution in [1.82, 2.24) is 0 Å². The Morgan fingerprint density at radius 1 is 1.41 bits per heavy atom. The summed E-state index contributed by atoms with van der Waals surface area (Å²) in [6.07, 6.45) is 3.27. The smallest absolute Gasteiger partial charge is 0.230 e. The fourth-order valence-electron chi connectivity index (χ4n) is 2.30. The number of nitrogens with zero attached hydrogens (tertiary/aromatic N) is 1. The molecular formula is C13H14BrNO2. The molecule has 0 spiro atoms. The van der Waals surface area contributed by atoms with Crippen molar-refractivity contribution in [2.75, 3.05) is 18.1 Å². The maximum atomic E-state index is 12.3. The van der Waals surface area contributed by atoms with Crippen molar-refractivity contribution in [2.24, 2.45) is 5.92 Å². The van der Waals surface area contributed by atoms with Gasteiger partial charge in [-0.15, -0.1) is 0 Å². The predicted octanol–water partition coefficient (Wildman–Crippen LogP) is 2.97. The third-order valence-corrected chi connectivity index (χ3v) is 4.00. The van der Waals surface area contributed by atoms with Crippen molar-refractivity contribution in [2.45, 2.75) is 19.3 Å². The highest BCUT2D eigenvalue weighted by Crippen LogP contribution is 2.37. The Bertz CT molecular complexity index is 457. The Balaban J connectivity index is 1.92. The van der Waals surface area contributed by atoms with Gasteiger partial charge in [0, 0.05) is 10.4 Å². The molecule has 3 rings (SSSR count).